The van der Waals surface area contributed by atoms with Crippen LogP contribution in [-0.2, 0) is 18.5 Å². The van der Waals surface area contributed by atoms with Crippen molar-refractivity contribution < 1.29 is 21.5 Å². The number of aryl methyl sites for hydroxylation is 1. The summed E-state index contributed by atoms with van der Waals surface area (Å²) in [5.74, 6) is 0. The van der Waals surface area contributed by atoms with Crippen LogP contribution in [0.2, 0.25) is 0 Å². The molecule has 0 spiro atoms. The van der Waals surface area contributed by atoms with E-state index in [4.69, 9.17) is 0 Å². The SMILES string of the molecule is CCCn1c[n+](Cc2ccc(C(C)(C)C)cc2)c2ccccc2c1=O.[Br-]. The van der Waals surface area contributed by atoms with Crippen LogP contribution in [0.25, 0.3) is 10.9 Å². The van der Waals surface area contributed by atoms with Crippen molar-refractivity contribution >= 4 is 10.9 Å². The predicted octanol–water partition coefficient (Wildman–Crippen LogP) is 1.05. The first-order valence-electron chi connectivity index (χ1n) is 9.01. The van der Waals surface area contributed by atoms with E-state index >= 15 is 0 Å². The largest absolute Gasteiger partial charge is 1.00 e. The fraction of sp³-hybridized carbons (Fsp3) is 0.364. The highest BCUT2D eigenvalue weighted by atomic mass is 79.9. The molecule has 0 aliphatic rings. The second-order valence-corrected chi connectivity index (χ2v) is 7.71. The summed E-state index contributed by atoms with van der Waals surface area (Å²) in [5.41, 5.74) is 3.82. The average Bonchev–Trinajstić information content (AvgIpc) is 2.59. The van der Waals surface area contributed by atoms with E-state index in [1.54, 1.807) is 0 Å². The zero-order chi connectivity index (χ0) is 18.0. The molecule has 0 bridgehead atoms. The zero-order valence-electron chi connectivity index (χ0n) is 16.0. The Bertz CT molecular complexity index is 937. The molecule has 138 valence electrons. The third-order valence-electron chi connectivity index (χ3n) is 4.62. The Morgan fingerprint density at radius 3 is 2.27 bits per heavy atom. The van der Waals surface area contributed by atoms with Gasteiger partial charge in [0.15, 0.2) is 0 Å². The van der Waals surface area contributed by atoms with Crippen LogP contribution in [0.3, 0.4) is 0 Å². The molecule has 0 aliphatic heterocycles. The highest BCUT2D eigenvalue weighted by Crippen LogP contribution is 2.22. The first kappa shape index (κ1) is 20.4. The summed E-state index contributed by atoms with van der Waals surface area (Å²) in [6.07, 6.45) is 2.91. The van der Waals surface area contributed by atoms with Gasteiger partial charge in [-0.1, -0.05) is 64.1 Å². The first-order chi connectivity index (χ1) is 11.9. The standard InChI is InChI=1S/C22H27N2O.BrH/c1-5-14-23-16-24(20-9-7-6-8-19(20)21(23)25)15-17-10-12-18(13-11-17)22(2,3)4;/h6-13,16H,5,14-15H2,1-4H3;1H/q+1;/p-1. The van der Waals surface area contributed by atoms with Crippen LogP contribution in [0.1, 0.15) is 45.2 Å². The molecule has 0 unspecified atom stereocenters. The zero-order valence-corrected chi connectivity index (χ0v) is 17.6. The number of hydrogen-bond donors (Lipinski definition) is 0. The molecule has 0 aliphatic carbocycles. The van der Waals surface area contributed by atoms with E-state index < -0.39 is 0 Å². The molecule has 1 heterocycles. The van der Waals surface area contributed by atoms with Crippen LogP contribution in [0.15, 0.2) is 59.7 Å². The van der Waals surface area contributed by atoms with Crippen LogP contribution in [0.5, 0.6) is 0 Å². The minimum absolute atomic E-state index is 0. The maximum atomic E-state index is 12.6. The number of halogens is 1. The Morgan fingerprint density at radius 1 is 1.00 bits per heavy atom. The Labute approximate surface area is 166 Å². The van der Waals surface area contributed by atoms with Crippen molar-refractivity contribution in [2.45, 2.75) is 52.6 Å². The van der Waals surface area contributed by atoms with Gasteiger partial charge in [-0.3, -0.25) is 0 Å². The van der Waals surface area contributed by atoms with Gasteiger partial charge in [-0.25, -0.2) is 9.36 Å². The molecule has 0 N–H and O–H groups in total. The Morgan fingerprint density at radius 2 is 1.65 bits per heavy atom. The molecule has 26 heavy (non-hydrogen) atoms. The molecule has 3 nitrogen and oxygen atoms in total. The van der Waals surface area contributed by atoms with Crippen molar-refractivity contribution in [3.8, 4) is 0 Å². The first-order valence-corrected chi connectivity index (χ1v) is 9.01. The van der Waals surface area contributed by atoms with Crippen molar-refractivity contribution in [1.29, 1.82) is 0 Å². The van der Waals surface area contributed by atoms with E-state index in [1.807, 2.05) is 35.2 Å². The monoisotopic (exact) mass is 414 g/mol. The summed E-state index contributed by atoms with van der Waals surface area (Å²) in [6, 6.07) is 16.7. The van der Waals surface area contributed by atoms with Gasteiger partial charge in [-0.15, -0.1) is 0 Å². The Balaban J connectivity index is 0.00000243. The molecule has 1 aromatic heterocycles. The van der Waals surface area contributed by atoms with Gasteiger partial charge < -0.3 is 17.0 Å². The van der Waals surface area contributed by atoms with Gasteiger partial charge in [0, 0.05) is 0 Å². The van der Waals surface area contributed by atoms with E-state index in [0.29, 0.717) is 0 Å². The quantitative estimate of drug-likeness (QED) is 0.585. The van der Waals surface area contributed by atoms with E-state index in [2.05, 4.69) is 56.5 Å². The highest BCUT2D eigenvalue weighted by Gasteiger charge is 2.16. The van der Waals surface area contributed by atoms with Crippen molar-refractivity contribution in [1.82, 2.24) is 4.57 Å². The summed E-state index contributed by atoms with van der Waals surface area (Å²) in [6.45, 7) is 10.3. The normalized spacial score (nSPS) is 11.4. The molecule has 0 atom stereocenters. The fourth-order valence-electron chi connectivity index (χ4n) is 3.18. The van der Waals surface area contributed by atoms with Gasteiger partial charge in [0.25, 0.3) is 0 Å². The molecule has 3 aromatic rings. The number of nitrogens with zero attached hydrogens (tertiary/aromatic N) is 2. The van der Waals surface area contributed by atoms with Gasteiger partial charge in [0.05, 0.1) is 6.54 Å². The maximum Gasteiger partial charge on any atom is 0.345 e. The third-order valence-corrected chi connectivity index (χ3v) is 4.62. The molecule has 0 saturated heterocycles. The van der Waals surface area contributed by atoms with Crippen LogP contribution in [0, 0.1) is 0 Å². The Hall–Kier alpha value is -1.94. The predicted molar refractivity (Wildman–Crippen MR) is 103 cm³/mol. The molecule has 0 saturated carbocycles. The molecule has 0 fully saturated rings. The lowest BCUT2D eigenvalue weighted by Crippen LogP contribution is -3.00. The summed E-state index contributed by atoms with van der Waals surface area (Å²) in [7, 11) is 0. The van der Waals surface area contributed by atoms with Crippen molar-refractivity contribution in [2.24, 2.45) is 0 Å². The van der Waals surface area contributed by atoms with Gasteiger partial charge in [-0.2, -0.15) is 4.57 Å². The topological polar surface area (TPSA) is 25.9 Å². The third kappa shape index (κ3) is 4.24. The number of fused-ring (bicyclic) bond motifs is 1. The highest BCUT2D eigenvalue weighted by molar-refractivity contribution is 5.74. The summed E-state index contributed by atoms with van der Waals surface area (Å²) >= 11 is 0. The summed E-state index contributed by atoms with van der Waals surface area (Å²) in [4.78, 5) is 12.6. The number of benzene rings is 2. The van der Waals surface area contributed by atoms with E-state index in [9.17, 15) is 4.79 Å². The Kier molecular flexibility index (Phi) is 6.40. The molecule has 0 amide bonds. The fourth-order valence-corrected chi connectivity index (χ4v) is 3.18. The van der Waals surface area contributed by atoms with E-state index in [-0.39, 0.29) is 28.0 Å². The van der Waals surface area contributed by atoms with Gasteiger partial charge in [0.2, 0.25) is 6.33 Å². The lowest BCUT2D eigenvalue weighted by atomic mass is 9.87. The van der Waals surface area contributed by atoms with Gasteiger partial charge in [0.1, 0.15) is 17.4 Å². The smallest absolute Gasteiger partial charge is 0.345 e. The molecule has 4 heteroatoms. The minimum Gasteiger partial charge on any atom is -1.00 e. The molecule has 2 aromatic carbocycles. The second-order valence-electron chi connectivity index (χ2n) is 7.71. The van der Waals surface area contributed by atoms with Gasteiger partial charge in [-0.05, 0) is 35.1 Å². The van der Waals surface area contributed by atoms with Crippen molar-refractivity contribution in [3.05, 3.63) is 76.3 Å². The molecular formula is C22H27BrN2O. The summed E-state index contributed by atoms with van der Waals surface area (Å²) < 4.78 is 4.00. The van der Waals surface area contributed by atoms with Crippen LogP contribution in [-0.4, -0.2) is 4.57 Å². The maximum absolute atomic E-state index is 12.6. The van der Waals surface area contributed by atoms with Crippen LogP contribution < -0.4 is 27.1 Å². The lowest BCUT2D eigenvalue weighted by Gasteiger charge is -2.19. The van der Waals surface area contributed by atoms with Crippen molar-refractivity contribution in [3.63, 3.8) is 0 Å². The lowest BCUT2D eigenvalue weighted by molar-refractivity contribution is -0.667. The average molecular weight is 415 g/mol. The van der Waals surface area contributed by atoms with Crippen LogP contribution in [0.4, 0.5) is 0 Å². The number of aromatic nitrogens is 2. The second kappa shape index (κ2) is 8.17. The molecule has 3 rings (SSSR count). The number of para-hydroxylation sites is 1. The number of rotatable bonds is 4. The van der Waals surface area contributed by atoms with Crippen molar-refractivity contribution in [2.75, 3.05) is 0 Å². The molecule has 0 radical (unpaired) electrons. The van der Waals surface area contributed by atoms with E-state index in [1.165, 1.54) is 11.1 Å². The summed E-state index contributed by atoms with van der Waals surface area (Å²) in [5, 5.41) is 0.782. The van der Waals surface area contributed by atoms with Gasteiger partial charge >= 0.3 is 5.56 Å². The minimum atomic E-state index is 0. The van der Waals surface area contributed by atoms with Crippen LogP contribution >= 0.6 is 0 Å². The number of hydrogen-bond acceptors (Lipinski definition) is 1. The van der Waals surface area contributed by atoms with E-state index in [0.717, 1.165) is 30.4 Å². The molecular weight excluding hydrogens is 388 g/mol.